The lowest BCUT2D eigenvalue weighted by Gasteiger charge is -2.26. The Kier molecular flexibility index (Phi) is 10.4. The van der Waals surface area contributed by atoms with Gasteiger partial charge in [-0.25, -0.2) is 4.79 Å². The van der Waals surface area contributed by atoms with E-state index in [1.807, 2.05) is 45.0 Å². The first-order valence-electron chi connectivity index (χ1n) is 11.5. The molecule has 0 N–H and O–H groups in total. The fraction of sp³-hybridized carbons (Fsp3) is 0.370. The highest BCUT2D eigenvalue weighted by Gasteiger charge is 2.26. The highest BCUT2D eigenvalue weighted by Crippen LogP contribution is 2.23. The van der Waals surface area contributed by atoms with Gasteiger partial charge in [0.25, 0.3) is 0 Å². The molecule has 0 bridgehead atoms. The molecule has 0 heterocycles. The lowest BCUT2D eigenvalue weighted by Crippen LogP contribution is -2.36. The summed E-state index contributed by atoms with van der Waals surface area (Å²) in [6.07, 6.45) is 0. The van der Waals surface area contributed by atoms with Gasteiger partial charge < -0.3 is 24.1 Å². The molecular formula is C27H34N4O6. The second-order valence-corrected chi connectivity index (χ2v) is 9.00. The first-order chi connectivity index (χ1) is 17.5. The predicted molar refractivity (Wildman–Crippen MR) is 143 cm³/mol. The maximum Gasteiger partial charge on any atom is 0.360 e. The van der Waals surface area contributed by atoms with Crippen LogP contribution >= 0.6 is 0 Å². The second kappa shape index (κ2) is 13.2. The topological polar surface area (TPSA) is 111 Å². The van der Waals surface area contributed by atoms with Crippen molar-refractivity contribution in [3.05, 3.63) is 65.2 Å². The van der Waals surface area contributed by atoms with Crippen molar-refractivity contribution in [3.63, 3.8) is 0 Å². The van der Waals surface area contributed by atoms with Crippen LogP contribution in [0.25, 0.3) is 0 Å². The van der Waals surface area contributed by atoms with Gasteiger partial charge in [-0.05, 0) is 19.1 Å². The molecule has 0 aliphatic carbocycles. The number of carbonyl (C=O) groups is 2. The van der Waals surface area contributed by atoms with E-state index in [2.05, 4.69) is 15.5 Å². The van der Waals surface area contributed by atoms with Gasteiger partial charge in [-0.1, -0.05) is 72.6 Å². The molecule has 0 aliphatic rings. The molecule has 0 unspecified atom stereocenters. The van der Waals surface area contributed by atoms with Crippen LogP contribution in [0.15, 0.2) is 64.0 Å². The van der Waals surface area contributed by atoms with Crippen molar-refractivity contribution in [2.24, 2.45) is 20.9 Å². The summed E-state index contributed by atoms with van der Waals surface area (Å²) < 4.78 is 4.81. The summed E-state index contributed by atoms with van der Waals surface area (Å²) in [7, 11) is 5.80. The maximum absolute atomic E-state index is 12.6. The van der Waals surface area contributed by atoms with Gasteiger partial charge in [0.2, 0.25) is 5.91 Å². The van der Waals surface area contributed by atoms with Crippen LogP contribution in [-0.4, -0.2) is 57.4 Å². The summed E-state index contributed by atoms with van der Waals surface area (Å²) in [6, 6.07) is 14.4. The molecule has 0 saturated carbocycles. The smallest absolute Gasteiger partial charge is 0.360 e. The van der Waals surface area contributed by atoms with E-state index >= 15 is 0 Å². The molecule has 2 aromatic rings. The third-order valence-corrected chi connectivity index (χ3v) is 5.25. The minimum Gasteiger partial charge on any atom is -0.464 e. The Labute approximate surface area is 217 Å². The van der Waals surface area contributed by atoms with Crippen molar-refractivity contribution in [2.45, 2.75) is 34.3 Å². The molecule has 0 saturated heterocycles. The van der Waals surface area contributed by atoms with Gasteiger partial charge >= 0.3 is 5.97 Å². The lowest BCUT2D eigenvalue weighted by molar-refractivity contribution is -0.132. The first kappa shape index (κ1) is 29.0. The van der Waals surface area contributed by atoms with Crippen LogP contribution in [-0.2, 0) is 35.4 Å². The van der Waals surface area contributed by atoms with Gasteiger partial charge in [0.05, 0.1) is 7.11 Å². The number of benzene rings is 2. The zero-order valence-electron chi connectivity index (χ0n) is 22.6. The van der Waals surface area contributed by atoms with Gasteiger partial charge in [-0.15, -0.1) is 0 Å². The highest BCUT2D eigenvalue weighted by atomic mass is 16.6. The van der Waals surface area contributed by atoms with Gasteiger partial charge in [-0.3, -0.25) is 4.79 Å². The Morgan fingerprint density at radius 2 is 1.46 bits per heavy atom. The van der Waals surface area contributed by atoms with E-state index in [1.54, 1.807) is 43.1 Å². The number of rotatable bonds is 10. The van der Waals surface area contributed by atoms with E-state index in [-0.39, 0.29) is 18.2 Å². The van der Waals surface area contributed by atoms with Crippen molar-refractivity contribution >= 4 is 34.7 Å². The molecule has 37 heavy (non-hydrogen) atoms. The molecule has 1 amide bonds. The molecule has 2 aromatic carbocycles. The van der Waals surface area contributed by atoms with Crippen LogP contribution in [0, 0.1) is 5.41 Å². The minimum absolute atomic E-state index is 0.00311. The average molecular weight is 511 g/mol. The largest absolute Gasteiger partial charge is 0.464 e. The second-order valence-electron chi connectivity index (χ2n) is 9.00. The molecule has 0 aromatic heterocycles. The molecule has 0 spiro atoms. The number of ether oxygens (including phenoxy) is 1. The Hall–Kier alpha value is -4.21. The molecule has 0 fully saturated rings. The van der Waals surface area contributed by atoms with Crippen LogP contribution in [0.4, 0.5) is 5.69 Å². The van der Waals surface area contributed by atoms with E-state index in [1.165, 1.54) is 21.3 Å². The van der Waals surface area contributed by atoms with Crippen molar-refractivity contribution in [1.29, 1.82) is 0 Å². The first-order valence-corrected chi connectivity index (χ1v) is 11.5. The monoisotopic (exact) mass is 510 g/mol. The van der Waals surface area contributed by atoms with Gasteiger partial charge in [0.15, 0.2) is 5.71 Å². The summed E-state index contributed by atoms with van der Waals surface area (Å²) in [5.41, 5.74) is 3.08. The van der Waals surface area contributed by atoms with E-state index in [0.717, 1.165) is 11.3 Å². The van der Waals surface area contributed by atoms with E-state index < -0.39 is 11.4 Å². The summed E-state index contributed by atoms with van der Waals surface area (Å²) in [4.78, 5) is 41.8. The minimum atomic E-state index is -0.637. The van der Waals surface area contributed by atoms with Crippen LogP contribution in [0.2, 0.25) is 0 Å². The molecule has 0 radical (unpaired) electrons. The van der Waals surface area contributed by atoms with Crippen LogP contribution in [0.3, 0.4) is 0 Å². The van der Waals surface area contributed by atoms with Crippen molar-refractivity contribution in [1.82, 2.24) is 0 Å². The molecule has 0 atom stereocenters. The van der Waals surface area contributed by atoms with Gasteiger partial charge in [-0.2, -0.15) is 0 Å². The zero-order chi connectivity index (χ0) is 27.6. The summed E-state index contributed by atoms with van der Waals surface area (Å²) >= 11 is 0. The maximum atomic E-state index is 12.6. The normalized spacial score (nSPS) is 12.6. The Bertz CT molecular complexity index is 1180. The number of methoxy groups -OCH3 is 1. The number of nitrogens with zero attached hydrogens (tertiary/aromatic N) is 4. The molecule has 10 nitrogen and oxygen atoms in total. The average Bonchev–Trinajstić information content (AvgIpc) is 2.89. The molecule has 10 heteroatoms. The molecule has 198 valence electrons. The molecular weight excluding hydrogens is 476 g/mol. The zero-order valence-corrected chi connectivity index (χ0v) is 22.6. The van der Waals surface area contributed by atoms with Crippen molar-refractivity contribution in [2.75, 3.05) is 33.3 Å². The van der Waals surface area contributed by atoms with Crippen molar-refractivity contribution in [3.8, 4) is 0 Å². The van der Waals surface area contributed by atoms with Gasteiger partial charge in [0, 0.05) is 34.8 Å². The Morgan fingerprint density at radius 1 is 0.865 bits per heavy atom. The highest BCUT2D eigenvalue weighted by molar-refractivity contribution is 6.47. The van der Waals surface area contributed by atoms with Crippen molar-refractivity contribution < 1.29 is 28.8 Å². The third-order valence-electron chi connectivity index (χ3n) is 5.25. The van der Waals surface area contributed by atoms with E-state index in [9.17, 15) is 9.59 Å². The number of esters is 1. The van der Waals surface area contributed by atoms with Crippen LogP contribution in [0.1, 0.15) is 44.4 Å². The third kappa shape index (κ3) is 7.63. The van der Waals surface area contributed by atoms with Crippen LogP contribution < -0.4 is 4.90 Å². The summed E-state index contributed by atoms with van der Waals surface area (Å²) in [5, 5.41) is 12.1. The number of oxime groups is 3. The Balaban J connectivity index is 2.24. The fourth-order valence-corrected chi connectivity index (χ4v) is 3.39. The standard InChI is InChI=1S/C27H34N4O6/c1-18(28-37-17-20-11-9-10-12-22(20)24(30-36-8)25(32)34-6)23(29-35-7)19-13-15-21(16-14-19)31(5)26(33)27(2,3)4/h9-16H,17H2,1-8H3/b28-18+,29-23-,30-24+. The quantitative estimate of drug-likeness (QED) is 0.270. The fourth-order valence-electron chi connectivity index (χ4n) is 3.39. The van der Waals surface area contributed by atoms with E-state index in [0.29, 0.717) is 22.6 Å². The Morgan fingerprint density at radius 3 is 2.03 bits per heavy atom. The van der Waals surface area contributed by atoms with Crippen LogP contribution in [0.5, 0.6) is 0 Å². The lowest BCUT2D eigenvalue weighted by atomic mass is 9.94. The number of amides is 1. The number of hydrogen-bond acceptors (Lipinski definition) is 9. The SMILES string of the molecule is CO/N=C(/C(C)=N/OCc1ccccc1/C(=N\OC)C(=O)OC)c1ccc(N(C)C(=O)C(C)(C)C)cc1. The summed E-state index contributed by atoms with van der Waals surface area (Å²) in [6.45, 7) is 7.42. The van der Waals surface area contributed by atoms with E-state index in [4.69, 9.17) is 19.2 Å². The number of carbonyl (C=O) groups excluding carboxylic acids is 2. The predicted octanol–water partition coefficient (Wildman–Crippen LogP) is 4.16. The summed E-state index contributed by atoms with van der Waals surface area (Å²) in [5.74, 6) is -0.634. The number of anilines is 1. The van der Waals surface area contributed by atoms with Gasteiger partial charge in [0.1, 0.15) is 32.2 Å². The number of hydrogen-bond donors (Lipinski definition) is 0. The molecule has 2 rings (SSSR count). The molecule has 0 aliphatic heterocycles.